The highest BCUT2D eigenvalue weighted by atomic mass is 16.5. The van der Waals surface area contributed by atoms with Crippen molar-refractivity contribution in [2.24, 2.45) is 5.92 Å². The maximum absolute atomic E-state index is 5.62. The summed E-state index contributed by atoms with van der Waals surface area (Å²) in [6, 6.07) is 0.664. The van der Waals surface area contributed by atoms with Crippen molar-refractivity contribution in [1.29, 1.82) is 0 Å². The number of hydrogen-bond acceptors (Lipinski definition) is 3. The molecular formula is C13H26N2O. The molecule has 2 atom stereocenters. The lowest BCUT2D eigenvalue weighted by Gasteiger charge is -2.35. The molecule has 2 aliphatic heterocycles. The number of nitrogens with one attached hydrogen (secondary N) is 1. The lowest BCUT2D eigenvalue weighted by atomic mass is 9.95. The van der Waals surface area contributed by atoms with E-state index >= 15 is 0 Å². The topological polar surface area (TPSA) is 24.5 Å². The first-order valence-electron chi connectivity index (χ1n) is 6.87. The smallest absolute Gasteiger partial charge is 0.0521 e. The molecule has 16 heavy (non-hydrogen) atoms. The van der Waals surface area contributed by atoms with E-state index in [0.717, 1.165) is 13.2 Å². The van der Waals surface area contributed by atoms with Crippen LogP contribution in [-0.2, 0) is 4.74 Å². The van der Waals surface area contributed by atoms with E-state index in [0.29, 0.717) is 12.0 Å². The zero-order chi connectivity index (χ0) is 11.2. The van der Waals surface area contributed by atoms with Gasteiger partial charge in [0.2, 0.25) is 0 Å². The molecule has 2 unspecified atom stereocenters. The van der Waals surface area contributed by atoms with Crippen LogP contribution < -0.4 is 5.32 Å². The van der Waals surface area contributed by atoms with Gasteiger partial charge < -0.3 is 15.0 Å². The van der Waals surface area contributed by atoms with E-state index in [-0.39, 0.29) is 0 Å². The molecule has 0 spiro atoms. The van der Waals surface area contributed by atoms with Crippen LogP contribution >= 0.6 is 0 Å². The highest BCUT2D eigenvalue weighted by molar-refractivity contribution is 4.81. The van der Waals surface area contributed by atoms with Crippen LogP contribution in [-0.4, -0.2) is 50.8 Å². The van der Waals surface area contributed by atoms with E-state index in [1.165, 1.54) is 51.7 Å². The molecule has 0 saturated carbocycles. The van der Waals surface area contributed by atoms with Crippen molar-refractivity contribution < 1.29 is 4.74 Å². The predicted octanol–water partition coefficient (Wildman–Crippen LogP) is 1.49. The highest BCUT2D eigenvalue weighted by Crippen LogP contribution is 2.18. The SMILES string of the molecule is CNC1CCOCC1CN1CCCCCC1. The summed E-state index contributed by atoms with van der Waals surface area (Å²) in [6.07, 6.45) is 6.80. The fourth-order valence-electron chi connectivity index (χ4n) is 3.01. The summed E-state index contributed by atoms with van der Waals surface area (Å²) in [7, 11) is 2.09. The molecule has 0 aromatic heterocycles. The van der Waals surface area contributed by atoms with Gasteiger partial charge in [0.25, 0.3) is 0 Å². The van der Waals surface area contributed by atoms with Crippen molar-refractivity contribution >= 4 is 0 Å². The Labute approximate surface area is 99.5 Å². The minimum atomic E-state index is 0.664. The summed E-state index contributed by atoms with van der Waals surface area (Å²) in [4.78, 5) is 2.65. The summed E-state index contributed by atoms with van der Waals surface area (Å²) in [5.41, 5.74) is 0. The van der Waals surface area contributed by atoms with Crippen LogP contribution in [0.1, 0.15) is 32.1 Å². The second-order valence-corrected chi connectivity index (χ2v) is 5.23. The average Bonchev–Trinajstić information content (AvgIpc) is 2.58. The first-order chi connectivity index (χ1) is 7.90. The van der Waals surface area contributed by atoms with Crippen molar-refractivity contribution in [3.8, 4) is 0 Å². The summed E-state index contributed by atoms with van der Waals surface area (Å²) < 4.78 is 5.62. The Morgan fingerprint density at radius 1 is 1.19 bits per heavy atom. The Morgan fingerprint density at radius 3 is 2.62 bits per heavy atom. The van der Waals surface area contributed by atoms with Gasteiger partial charge in [-0.1, -0.05) is 12.8 Å². The van der Waals surface area contributed by atoms with Crippen LogP contribution in [0.5, 0.6) is 0 Å². The third-order valence-corrected chi connectivity index (χ3v) is 4.04. The van der Waals surface area contributed by atoms with E-state index in [9.17, 15) is 0 Å². The molecule has 2 saturated heterocycles. The minimum absolute atomic E-state index is 0.664. The molecule has 0 bridgehead atoms. The Kier molecular flexibility index (Phi) is 5.07. The second kappa shape index (κ2) is 6.58. The van der Waals surface area contributed by atoms with Gasteiger partial charge in [0.1, 0.15) is 0 Å². The average molecular weight is 226 g/mol. The molecule has 2 fully saturated rings. The van der Waals surface area contributed by atoms with Gasteiger partial charge in [-0.15, -0.1) is 0 Å². The third-order valence-electron chi connectivity index (χ3n) is 4.04. The van der Waals surface area contributed by atoms with Gasteiger partial charge in [-0.3, -0.25) is 0 Å². The van der Waals surface area contributed by atoms with E-state index < -0.39 is 0 Å². The lowest BCUT2D eigenvalue weighted by Crippen LogP contribution is -2.46. The van der Waals surface area contributed by atoms with Crippen LogP contribution in [0.25, 0.3) is 0 Å². The summed E-state index contributed by atoms with van der Waals surface area (Å²) in [5.74, 6) is 0.692. The molecule has 0 aliphatic carbocycles. The van der Waals surface area contributed by atoms with Crippen molar-refractivity contribution in [1.82, 2.24) is 10.2 Å². The summed E-state index contributed by atoms with van der Waals surface area (Å²) in [6.45, 7) is 5.70. The van der Waals surface area contributed by atoms with Gasteiger partial charge in [-0.2, -0.15) is 0 Å². The predicted molar refractivity (Wildman–Crippen MR) is 66.7 cm³/mol. The molecule has 3 nitrogen and oxygen atoms in total. The largest absolute Gasteiger partial charge is 0.381 e. The monoisotopic (exact) mass is 226 g/mol. The Bertz CT molecular complexity index is 190. The summed E-state index contributed by atoms with van der Waals surface area (Å²) >= 11 is 0. The fraction of sp³-hybridized carbons (Fsp3) is 1.00. The molecule has 0 amide bonds. The van der Waals surface area contributed by atoms with Crippen molar-refractivity contribution in [2.75, 3.05) is 39.9 Å². The first-order valence-corrected chi connectivity index (χ1v) is 6.87. The molecule has 3 heteroatoms. The molecule has 0 aromatic carbocycles. The number of nitrogens with zero attached hydrogens (tertiary/aromatic N) is 1. The van der Waals surface area contributed by atoms with Crippen molar-refractivity contribution in [3.63, 3.8) is 0 Å². The van der Waals surface area contributed by atoms with E-state index in [4.69, 9.17) is 4.74 Å². The van der Waals surface area contributed by atoms with Crippen molar-refractivity contribution in [3.05, 3.63) is 0 Å². The molecule has 0 aromatic rings. The second-order valence-electron chi connectivity index (χ2n) is 5.23. The Hall–Kier alpha value is -0.120. The van der Waals surface area contributed by atoms with Crippen LogP contribution in [0.15, 0.2) is 0 Å². The third kappa shape index (κ3) is 3.44. The van der Waals surface area contributed by atoms with Crippen LogP contribution in [0.2, 0.25) is 0 Å². The van der Waals surface area contributed by atoms with Crippen LogP contribution in [0.3, 0.4) is 0 Å². The number of rotatable bonds is 3. The van der Waals surface area contributed by atoms with E-state index in [1.807, 2.05) is 0 Å². The number of hydrogen-bond donors (Lipinski definition) is 1. The first kappa shape index (κ1) is 12.3. The normalized spacial score (nSPS) is 33.6. The maximum atomic E-state index is 5.62. The number of ether oxygens (including phenoxy) is 1. The van der Waals surface area contributed by atoms with Gasteiger partial charge >= 0.3 is 0 Å². The molecule has 2 rings (SSSR count). The highest BCUT2D eigenvalue weighted by Gasteiger charge is 2.26. The van der Waals surface area contributed by atoms with Crippen molar-refractivity contribution in [2.45, 2.75) is 38.1 Å². The molecule has 94 valence electrons. The maximum Gasteiger partial charge on any atom is 0.0521 e. The molecule has 2 heterocycles. The zero-order valence-corrected chi connectivity index (χ0v) is 10.6. The quantitative estimate of drug-likeness (QED) is 0.789. The minimum Gasteiger partial charge on any atom is -0.381 e. The fourth-order valence-corrected chi connectivity index (χ4v) is 3.01. The zero-order valence-electron chi connectivity index (χ0n) is 10.6. The Balaban J connectivity index is 1.81. The molecule has 0 radical (unpaired) electrons. The van der Waals surface area contributed by atoms with Gasteiger partial charge in [0.05, 0.1) is 6.61 Å². The van der Waals surface area contributed by atoms with Gasteiger partial charge in [-0.25, -0.2) is 0 Å². The van der Waals surface area contributed by atoms with Crippen LogP contribution in [0, 0.1) is 5.92 Å². The Morgan fingerprint density at radius 2 is 1.94 bits per heavy atom. The van der Waals surface area contributed by atoms with Gasteiger partial charge in [0.15, 0.2) is 0 Å². The summed E-state index contributed by atoms with van der Waals surface area (Å²) in [5, 5.41) is 3.45. The molecule has 2 aliphatic rings. The van der Waals surface area contributed by atoms with E-state index in [2.05, 4.69) is 17.3 Å². The molecular weight excluding hydrogens is 200 g/mol. The molecule has 1 N–H and O–H groups in total. The van der Waals surface area contributed by atoms with Gasteiger partial charge in [0, 0.05) is 25.1 Å². The van der Waals surface area contributed by atoms with E-state index in [1.54, 1.807) is 0 Å². The lowest BCUT2D eigenvalue weighted by molar-refractivity contribution is 0.0188. The van der Waals surface area contributed by atoms with Crippen LogP contribution in [0.4, 0.5) is 0 Å². The number of likely N-dealkylation sites (tertiary alicyclic amines) is 1. The van der Waals surface area contributed by atoms with Gasteiger partial charge in [-0.05, 0) is 39.4 Å². The standard InChI is InChI=1S/C13H26N2O/c1-14-13-6-9-16-11-12(13)10-15-7-4-2-3-5-8-15/h12-14H,2-11H2,1H3.